The first-order valence-corrected chi connectivity index (χ1v) is 6.59. The van der Waals surface area contributed by atoms with E-state index in [-0.39, 0.29) is 4.87 Å². The summed E-state index contributed by atoms with van der Waals surface area (Å²) in [5.41, 5.74) is 1.29. The molecule has 2 rings (SSSR count). The molecule has 1 aromatic rings. The van der Waals surface area contributed by atoms with Crippen molar-refractivity contribution in [1.82, 2.24) is 4.57 Å². The predicted molar refractivity (Wildman–Crippen MR) is 65.0 cm³/mol. The molecule has 1 saturated carbocycles. The highest BCUT2D eigenvalue weighted by atomic mass is 32.1. The molecule has 0 radical (unpaired) electrons. The summed E-state index contributed by atoms with van der Waals surface area (Å²) in [5, 5.41) is 0. The molecule has 1 aromatic heterocycles. The van der Waals surface area contributed by atoms with Crippen LogP contribution in [0.5, 0.6) is 0 Å². The van der Waals surface area contributed by atoms with Crippen molar-refractivity contribution >= 4 is 11.3 Å². The van der Waals surface area contributed by atoms with E-state index in [1.807, 2.05) is 0 Å². The summed E-state index contributed by atoms with van der Waals surface area (Å²) in [6.45, 7) is 8.72. The van der Waals surface area contributed by atoms with E-state index in [0.29, 0.717) is 17.9 Å². The van der Waals surface area contributed by atoms with E-state index in [2.05, 4.69) is 32.3 Å². The van der Waals surface area contributed by atoms with Gasteiger partial charge in [-0.2, -0.15) is 0 Å². The number of nitrogens with zero attached hydrogens (tertiary/aromatic N) is 1. The lowest BCUT2D eigenvalue weighted by Crippen LogP contribution is -2.15. The van der Waals surface area contributed by atoms with Gasteiger partial charge in [0.25, 0.3) is 0 Å². The molecule has 1 aliphatic carbocycles. The highest BCUT2D eigenvalue weighted by Crippen LogP contribution is 2.39. The minimum atomic E-state index is 0.255. The van der Waals surface area contributed by atoms with Crippen molar-refractivity contribution in [2.75, 3.05) is 0 Å². The molecule has 0 aliphatic heterocycles. The van der Waals surface area contributed by atoms with Crippen LogP contribution in [-0.4, -0.2) is 4.57 Å². The molecule has 0 N–H and O–H groups in total. The van der Waals surface area contributed by atoms with Gasteiger partial charge in [0.05, 0.1) is 0 Å². The van der Waals surface area contributed by atoms with Gasteiger partial charge in [-0.3, -0.25) is 9.36 Å². The highest BCUT2D eigenvalue weighted by Gasteiger charge is 2.31. The second-order valence-corrected chi connectivity index (χ2v) is 6.02. The zero-order valence-corrected chi connectivity index (χ0v) is 10.7. The first-order chi connectivity index (χ1) is 7.02. The number of hydrogen-bond acceptors (Lipinski definition) is 2. The van der Waals surface area contributed by atoms with E-state index in [1.165, 1.54) is 34.7 Å². The van der Waals surface area contributed by atoms with Crippen LogP contribution in [0.2, 0.25) is 0 Å². The van der Waals surface area contributed by atoms with Crippen LogP contribution in [0.15, 0.2) is 4.79 Å². The van der Waals surface area contributed by atoms with E-state index < -0.39 is 0 Å². The van der Waals surface area contributed by atoms with Crippen LogP contribution in [0.4, 0.5) is 0 Å². The van der Waals surface area contributed by atoms with Gasteiger partial charge >= 0.3 is 4.87 Å². The first-order valence-electron chi connectivity index (χ1n) is 5.77. The molecule has 0 saturated heterocycles. The lowest BCUT2D eigenvalue weighted by Gasteiger charge is -2.13. The summed E-state index contributed by atoms with van der Waals surface area (Å²) in [5.74, 6) is 0.932. The van der Waals surface area contributed by atoms with E-state index in [4.69, 9.17) is 0 Å². The van der Waals surface area contributed by atoms with Gasteiger partial charge < -0.3 is 0 Å². The van der Waals surface area contributed by atoms with E-state index in [9.17, 15) is 4.79 Å². The minimum absolute atomic E-state index is 0.255. The molecule has 15 heavy (non-hydrogen) atoms. The molecule has 0 bridgehead atoms. The van der Waals surface area contributed by atoms with Gasteiger partial charge in [-0.05, 0) is 24.7 Å². The molecule has 0 amide bonds. The third-order valence-electron chi connectivity index (χ3n) is 2.89. The van der Waals surface area contributed by atoms with Gasteiger partial charge in [0.1, 0.15) is 0 Å². The van der Waals surface area contributed by atoms with Crippen molar-refractivity contribution in [3.05, 3.63) is 20.2 Å². The van der Waals surface area contributed by atoms with Gasteiger partial charge in [-0.1, -0.05) is 39.0 Å². The summed E-state index contributed by atoms with van der Waals surface area (Å²) < 4.78 is 2.06. The fourth-order valence-corrected chi connectivity index (χ4v) is 3.28. The highest BCUT2D eigenvalue weighted by molar-refractivity contribution is 7.09. The van der Waals surface area contributed by atoms with E-state index >= 15 is 0 Å². The summed E-state index contributed by atoms with van der Waals surface area (Å²) in [6.07, 6.45) is 2.38. The molecule has 0 unspecified atom stereocenters. The Kier molecular flexibility index (Phi) is 2.75. The average Bonchev–Trinajstić information content (AvgIpc) is 2.89. The Morgan fingerprint density at radius 3 is 2.20 bits per heavy atom. The molecule has 0 spiro atoms. The number of hydrogen-bond donors (Lipinski definition) is 0. The van der Waals surface area contributed by atoms with Crippen LogP contribution in [-0.2, 0) is 0 Å². The fraction of sp³-hybridized carbons (Fsp3) is 0.750. The molecule has 2 nitrogen and oxygen atoms in total. The second-order valence-electron chi connectivity index (χ2n) is 5.03. The van der Waals surface area contributed by atoms with Crippen molar-refractivity contribution in [2.24, 2.45) is 0 Å². The van der Waals surface area contributed by atoms with Crippen LogP contribution in [0, 0.1) is 0 Å². The van der Waals surface area contributed by atoms with Gasteiger partial charge in [0.2, 0.25) is 0 Å². The number of thiazole rings is 1. The fourth-order valence-electron chi connectivity index (χ4n) is 2.07. The molecule has 0 aromatic carbocycles. The second kappa shape index (κ2) is 3.78. The molecule has 0 atom stereocenters. The molecule has 1 fully saturated rings. The number of aromatic nitrogens is 1. The lowest BCUT2D eigenvalue weighted by atomic mass is 10.0. The van der Waals surface area contributed by atoms with Crippen molar-refractivity contribution in [3.63, 3.8) is 0 Å². The van der Waals surface area contributed by atoms with Crippen molar-refractivity contribution in [1.29, 1.82) is 0 Å². The van der Waals surface area contributed by atoms with Gasteiger partial charge in [-0.15, -0.1) is 0 Å². The number of rotatable bonds is 3. The summed E-state index contributed by atoms with van der Waals surface area (Å²) in [7, 11) is 0. The maximum absolute atomic E-state index is 11.9. The van der Waals surface area contributed by atoms with Gasteiger partial charge in [0.15, 0.2) is 0 Å². The third-order valence-corrected chi connectivity index (χ3v) is 4.16. The van der Waals surface area contributed by atoms with Gasteiger partial charge in [-0.25, -0.2) is 0 Å². The standard InChI is InChI=1S/C12H19NOS/c1-7(2)10-11(8(3)4)15-12(14)13(10)9-5-6-9/h7-9H,5-6H2,1-4H3. The summed E-state index contributed by atoms with van der Waals surface area (Å²) in [6, 6.07) is 0.513. The molecular weight excluding hydrogens is 206 g/mol. The first kappa shape index (κ1) is 10.9. The van der Waals surface area contributed by atoms with Gasteiger partial charge in [0, 0.05) is 16.6 Å². The Labute approximate surface area is 94.9 Å². The zero-order chi connectivity index (χ0) is 11.2. The molecule has 84 valence electrons. The maximum atomic E-state index is 11.9. The molecule has 1 aliphatic rings. The van der Waals surface area contributed by atoms with Crippen LogP contribution < -0.4 is 4.87 Å². The quantitative estimate of drug-likeness (QED) is 0.771. The lowest BCUT2D eigenvalue weighted by molar-refractivity contribution is 0.630. The Balaban J connectivity index is 2.57. The SMILES string of the molecule is CC(C)c1sc(=O)n(C2CC2)c1C(C)C. The van der Waals surface area contributed by atoms with E-state index in [0.717, 1.165) is 0 Å². The Morgan fingerprint density at radius 2 is 1.80 bits per heavy atom. The van der Waals surface area contributed by atoms with Crippen LogP contribution >= 0.6 is 11.3 Å². The van der Waals surface area contributed by atoms with Crippen LogP contribution in [0.3, 0.4) is 0 Å². The van der Waals surface area contributed by atoms with Crippen LogP contribution in [0.25, 0.3) is 0 Å². The summed E-state index contributed by atoms with van der Waals surface area (Å²) >= 11 is 1.45. The van der Waals surface area contributed by atoms with Crippen LogP contribution in [0.1, 0.15) is 69.0 Å². The minimum Gasteiger partial charge on any atom is -0.299 e. The van der Waals surface area contributed by atoms with Crippen molar-refractivity contribution < 1.29 is 0 Å². The average molecular weight is 225 g/mol. The topological polar surface area (TPSA) is 22.0 Å². The Bertz CT molecular complexity index is 410. The zero-order valence-electron chi connectivity index (χ0n) is 9.91. The van der Waals surface area contributed by atoms with Crippen molar-refractivity contribution in [3.8, 4) is 0 Å². The molecule has 3 heteroatoms. The predicted octanol–water partition coefficient (Wildman–Crippen LogP) is 3.49. The molecule has 1 heterocycles. The third kappa shape index (κ3) is 1.89. The monoisotopic (exact) mass is 225 g/mol. The maximum Gasteiger partial charge on any atom is 0.307 e. The largest absolute Gasteiger partial charge is 0.307 e. The molecular formula is C12H19NOS. The summed E-state index contributed by atoms with van der Waals surface area (Å²) in [4.78, 5) is 13.5. The Hall–Kier alpha value is -0.570. The van der Waals surface area contributed by atoms with Crippen molar-refractivity contribution in [2.45, 2.75) is 58.4 Å². The normalized spacial score (nSPS) is 16.7. The smallest absolute Gasteiger partial charge is 0.299 e. The Morgan fingerprint density at radius 1 is 1.20 bits per heavy atom. The van der Waals surface area contributed by atoms with E-state index in [1.54, 1.807) is 0 Å².